The molecule has 5 heteroatoms. The molecule has 0 atom stereocenters. The predicted octanol–water partition coefficient (Wildman–Crippen LogP) is 2.26. The number of nitrogens with two attached hydrogens (primary N) is 1. The van der Waals surface area contributed by atoms with E-state index in [0.717, 1.165) is 17.1 Å². The van der Waals surface area contributed by atoms with Crippen molar-refractivity contribution in [3.63, 3.8) is 0 Å². The highest BCUT2D eigenvalue weighted by atomic mass is 15.3. The largest absolute Gasteiger partial charge is 0.308 e. The molecule has 2 heterocycles. The van der Waals surface area contributed by atoms with E-state index in [1.807, 2.05) is 31.2 Å². The van der Waals surface area contributed by atoms with E-state index in [0.29, 0.717) is 17.6 Å². The molecule has 0 bridgehead atoms. The van der Waals surface area contributed by atoms with Crippen LogP contribution in [0.25, 0.3) is 11.5 Å². The summed E-state index contributed by atoms with van der Waals surface area (Å²) in [6.07, 6.45) is 0. The lowest BCUT2D eigenvalue weighted by Crippen LogP contribution is -2.11. The number of hydrogen-bond acceptors (Lipinski definition) is 5. The predicted molar refractivity (Wildman–Crippen MR) is 71.9 cm³/mol. The lowest BCUT2D eigenvalue weighted by Gasteiger charge is -2.09. The quantitative estimate of drug-likeness (QED) is 0.638. The molecule has 0 radical (unpaired) electrons. The molecule has 0 saturated heterocycles. The third kappa shape index (κ3) is 2.62. The lowest BCUT2D eigenvalue weighted by molar-refractivity contribution is 0.816. The van der Waals surface area contributed by atoms with Gasteiger partial charge in [0.05, 0.1) is 0 Å². The number of anilines is 1. The van der Waals surface area contributed by atoms with Gasteiger partial charge in [0.25, 0.3) is 0 Å². The maximum Gasteiger partial charge on any atom is 0.180 e. The fourth-order valence-corrected chi connectivity index (χ4v) is 1.62. The van der Waals surface area contributed by atoms with Gasteiger partial charge in [0, 0.05) is 17.5 Å². The van der Waals surface area contributed by atoms with E-state index < -0.39 is 0 Å². The number of aromatic nitrogens is 3. The van der Waals surface area contributed by atoms with Crippen molar-refractivity contribution < 1.29 is 0 Å². The van der Waals surface area contributed by atoms with Gasteiger partial charge in [0.15, 0.2) is 5.82 Å². The van der Waals surface area contributed by atoms with Crippen molar-refractivity contribution in [2.75, 3.05) is 5.43 Å². The van der Waals surface area contributed by atoms with Crippen molar-refractivity contribution in [1.29, 1.82) is 0 Å². The molecule has 0 fully saturated rings. The van der Waals surface area contributed by atoms with Crippen molar-refractivity contribution in [3.8, 4) is 11.5 Å². The van der Waals surface area contributed by atoms with Gasteiger partial charge in [-0.15, -0.1) is 0 Å². The van der Waals surface area contributed by atoms with E-state index in [-0.39, 0.29) is 0 Å². The van der Waals surface area contributed by atoms with Crippen LogP contribution in [0.2, 0.25) is 0 Å². The molecule has 0 aliphatic carbocycles. The smallest absolute Gasteiger partial charge is 0.180 e. The summed E-state index contributed by atoms with van der Waals surface area (Å²) >= 11 is 0. The molecule has 0 aliphatic rings. The Bertz CT molecular complexity index is 551. The van der Waals surface area contributed by atoms with Gasteiger partial charge >= 0.3 is 0 Å². The van der Waals surface area contributed by atoms with Gasteiger partial charge in [0.2, 0.25) is 0 Å². The fourth-order valence-electron chi connectivity index (χ4n) is 1.62. The Labute approximate surface area is 106 Å². The zero-order valence-corrected chi connectivity index (χ0v) is 10.8. The van der Waals surface area contributed by atoms with Crippen molar-refractivity contribution >= 4 is 5.82 Å². The summed E-state index contributed by atoms with van der Waals surface area (Å²) in [6.45, 7) is 6.10. The zero-order chi connectivity index (χ0) is 13.1. The first-order valence-corrected chi connectivity index (χ1v) is 5.90. The first-order chi connectivity index (χ1) is 8.60. The maximum absolute atomic E-state index is 5.44. The third-order valence-corrected chi connectivity index (χ3v) is 2.60. The second kappa shape index (κ2) is 5.10. The molecule has 3 N–H and O–H groups in total. The Morgan fingerprint density at radius 1 is 1.17 bits per heavy atom. The molecule has 0 saturated carbocycles. The van der Waals surface area contributed by atoms with E-state index in [4.69, 9.17) is 5.84 Å². The molecular weight excluding hydrogens is 226 g/mol. The van der Waals surface area contributed by atoms with Crippen LogP contribution in [0.3, 0.4) is 0 Å². The second-order valence-electron chi connectivity index (χ2n) is 4.46. The highest BCUT2D eigenvalue weighted by molar-refractivity contribution is 5.53. The molecule has 0 aliphatic heterocycles. The number of pyridine rings is 1. The monoisotopic (exact) mass is 243 g/mol. The van der Waals surface area contributed by atoms with Gasteiger partial charge in [-0.05, 0) is 25.0 Å². The van der Waals surface area contributed by atoms with Gasteiger partial charge in [-0.1, -0.05) is 19.9 Å². The zero-order valence-electron chi connectivity index (χ0n) is 10.8. The van der Waals surface area contributed by atoms with Crippen molar-refractivity contribution in [2.24, 2.45) is 5.84 Å². The number of nitrogen functional groups attached to an aromatic ring is 1. The van der Waals surface area contributed by atoms with Crippen LogP contribution in [-0.2, 0) is 0 Å². The van der Waals surface area contributed by atoms with E-state index in [1.165, 1.54) is 0 Å². The lowest BCUT2D eigenvalue weighted by atomic mass is 10.1. The Morgan fingerprint density at radius 2 is 1.94 bits per heavy atom. The highest BCUT2D eigenvalue weighted by Crippen LogP contribution is 2.20. The van der Waals surface area contributed by atoms with Gasteiger partial charge < -0.3 is 5.43 Å². The Morgan fingerprint density at radius 3 is 2.56 bits per heavy atom. The number of nitrogens with one attached hydrogen (secondary N) is 1. The van der Waals surface area contributed by atoms with Crippen molar-refractivity contribution in [1.82, 2.24) is 15.0 Å². The van der Waals surface area contributed by atoms with Crippen LogP contribution in [-0.4, -0.2) is 15.0 Å². The SMILES string of the molecule is Cc1cccc(-c2nc(NN)cc(C(C)C)n2)n1. The van der Waals surface area contributed by atoms with Crippen LogP contribution < -0.4 is 11.3 Å². The number of hydrogen-bond donors (Lipinski definition) is 2. The van der Waals surface area contributed by atoms with Gasteiger partial charge in [-0.2, -0.15) is 0 Å². The number of nitrogens with zero attached hydrogens (tertiary/aromatic N) is 3. The highest BCUT2D eigenvalue weighted by Gasteiger charge is 2.10. The summed E-state index contributed by atoms with van der Waals surface area (Å²) in [5, 5.41) is 0. The summed E-state index contributed by atoms with van der Waals surface area (Å²) in [6, 6.07) is 7.63. The minimum Gasteiger partial charge on any atom is -0.308 e. The van der Waals surface area contributed by atoms with E-state index >= 15 is 0 Å². The molecule has 5 nitrogen and oxygen atoms in total. The first-order valence-electron chi connectivity index (χ1n) is 5.90. The first kappa shape index (κ1) is 12.4. The molecule has 2 rings (SSSR count). The number of rotatable bonds is 3. The standard InChI is InChI=1S/C13H17N5/c1-8(2)11-7-12(18-14)17-13(16-11)10-6-4-5-9(3)15-10/h4-8H,14H2,1-3H3,(H,16,17,18). The fraction of sp³-hybridized carbons (Fsp3) is 0.308. The molecule has 0 aromatic carbocycles. The maximum atomic E-state index is 5.44. The molecule has 0 unspecified atom stereocenters. The molecular formula is C13H17N5. The summed E-state index contributed by atoms with van der Waals surface area (Å²) < 4.78 is 0. The summed E-state index contributed by atoms with van der Waals surface area (Å²) in [5.74, 6) is 6.94. The Kier molecular flexibility index (Phi) is 3.53. The molecule has 94 valence electrons. The van der Waals surface area contributed by atoms with E-state index in [1.54, 1.807) is 0 Å². The molecule has 0 amide bonds. The van der Waals surface area contributed by atoms with E-state index in [9.17, 15) is 0 Å². The third-order valence-electron chi connectivity index (χ3n) is 2.60. The topological polar surface area (TPSA) is 76.7 Å². The van der Waals surface area contributed by atoms with Gasteiger partial charge in [-0.3, -0.25) is 0 Å². The van der Waals surface area contributed by atoms with Crippen molar-refractivity contribution in [2.45, 2.75) is 26.7 Å². The minimum atomic E-state index is 0.309. The molecule has 0 spiro atoms. The number of hydrazine groups is 1. The second-order valence-corrected chi connectivity index (χ2v) is 4.46. The van der Waals surface area contributed by atoms with Crippen molar-refractivity contribution in [3.05, 3.63) is 35.7 Å². The van der Waals surface area contributed by atoms with E-state index in [2.05, 4.69) is 34.2 Å². The minimum absolute atomic E-state index is 0.309. The van der Waals surface area contributed by atoms with Crippen LogP contribution in [0.15, 0.2) is 24.3 Å². The molecule has 2 aromatic heterocycles. The number of aryl methyl sites for hydroxylation is 1. The average molecular weight is 243 g/mol. The summed E-state index contributed by atoms with van der Waals surface area (Å²) in [4.78, 5) is 13.3. The Balaban J connectivity index is 2.53. The van der Waals surface area contributed by atoms with Crippen LogP contribution in [0.1, 0.15) is 31.2 Å². The van der Waals surface area contributed by atoms with Crippen LogP contribution in [0.4, 0.5) is 5.82 Å². The van der Waals surface area contributed by atoms with Crippen LogP contribution in [0, 0.1) is 6.92 Å². The Hall–Kier alpha value is -2.01. The van der Waals surface area contributed by atoms with Gasteiger partial charge in [0.1, 0.15) is 11.5 Å². The van der Waals surface area contributed by atoms with Crippen LogP contribution >= 0.6 is 0 Å². The van der Waals surface area contributed by atoms with Crippen LogP contribution in [0.5, 0.6) is 0 Å². The summed E-state index contributed by atoms with van der Waals surface area (Å²) in [7, 11) is 0. The average Bonchev–Trinajstić information content (AvgIpc) is 2.38. The molecule has 2 aromatic rings. The molecule has 18 heavy (non-hydrogen) atoms. The normalized spacial score (nSPS) is 10.7. The van der Waals surface area contributed by atoms with Gasteiger partial charge in [-0.25, -0.2) is 20.8 Å². The summed E-state index contributed by atoms with van der Waals surface area (Å²) in [5.41, 5.74) is 5.21.